The van der Waals surface area contributed by atoms with Crippen LogP contribution in [0.3, 0.4) is 0 Å². The van der Waals surface area contributed by atoms with E-state index in [9.17, 15) is 14.7 Å². The molecule has 2 N–H and O–H groups in total. The summed E-state index contributed by atoms with van der Waals surface area (Å²) in [6.45, 7) is 3.92. The third-order valence-electron chi connectivity index (χ3n) is 5.81. The van der Waals surface area contributed by atoms with Crippen molar-refractivity contribution in [2.75, 3.05) is 6.79 Å². The number of nitrogens with one attached hydrogen (secondary N) is 1. The number of benzene rings is 2. The number of fused-ring (bicyclic) bond motifs is 2. The van der Waals surface area contributed by atoms with Crippen molar-refractivity contribution >= 4 is 16.9 Å². The highest BCUT2D eigenvalue weighted by molar-refractivity contribution is 5.80. The molecular weight excluding hydrogens is 454 g/mol. The highest BCUT2D eigenvalue weighted by Gasteiger charge is 2.28. The van der Waals surface area contributed by atoms with Crippen molar-refractivity contribution in [1.82, 2.24) is 15.5 Å². The summed E-state index contributed by atoms with van der Waals surface area (Å²) in [5.74, 6) is 0.383. The fourth-order valence-electron chi connectivity index (χ4n) is 3.95. The Morgan fingerprint density at radius 2 is 1.91 bits per heavy atom. The predicted octanol–water partition coefficient (Wildman–Crippen LogP) is 3.57. The highest BCUT2D eigenvalue weighted by Crippen LogP contribution is 2.42. The van der Waals surface area contributed by atoms with E-state index in [0.717, 1.165) is 0 Å². The van der Waals surface area contributed by atoms with E-state index in [2.05, 4.69) is 15.5 Å². The van der Waals surface area contributed by atoms with Crippen LogP contribution in [0.4, 0.5) is 0 Å². The first-order valence-electron chi connectivity index (χ1n) is 11.1. The molecule has 0 saturated carbocycles. The molecule has 4 aromatic rings. The van der Waals surface area contributed by atoms with Crippen molar-refractivity contribution in [3.63, 3.8) is 0 Å². The number of rotatable bonds is 7. The Labute approximate surface area is 199 Å². The summed E-state index contributed by atoms with van der Waals surface area (Å²) in [6.07, 6.45) is 1.18. The van der Waals surface area contributed by atoms with Gasteiger partial charge in [-0.25, -0.2) is 0 Å². The molecule has 1 atom stereocenters. The van der Waals surface area contributed by atoms with E-state index < -0.39 is 5.92 Å². The molecule has 2 aromatic heterocycles. The lowest BCUT2D eigenvalue weighted by Crippen LogP contribution is -2.27. The van der Waals surface area contributed by atoms with Gasteiger partial charge in [0.2, 0.25) is 18.6 Å². The maximum Gasteiger partial charge on any atom is 0.246 e. The minimum atomic E-state index is -0.820. The molecule has 1 amide bonds. The molecule has 1 aliphatic rings. The number of amides is 1. The van der Waals surface area contributed by atoms with Crippen LogP contribution in [0.2, 0.25) is 0 Å². The van der Waals surface area contributed by atoms with Crippen molar-refractivity contribution < 1.29 is 28.3 Å². The summed E-state index contributed by atoms with van der Waals surface area (Å²) in [6, 6.07) is 9.84. The number of aromatic nitrogens is 2. The number of phenols is 1. The molecule has 2 aromatic carbocycles. The number of carbonyl (C=O) groups excluding carboxylic acids is 1. The third kappa shape index (κ3) is 4.42. The molecule has 1 unspecified atom stereocenters. The van der Waals surface area contributed by atoms with Gasteiger partial charge in [0, 0.05) is 35.4 Å². The number of aromatic hydroxyl groups is 1. The Kier molecular flexibility index (Phi) is 5.86. The lowest BCUT2D eigenvalue weighted by atomic mass is 9.87. The van der Waals surface area contributed by atoms with Gasteiger partial charge in [0.25, 0.3) is 0 Å². The minimum absolute atomic E-state index is 0.0179. The zero-order chi connectivity index (χ0) is 24.5. The van der Waals surface area contributed by atoms with Gasteiger partial charge in [0.15, 0.2) is 22.8 Å². The van der Waals surface area contributed by atoms with Gasteiger partial charge in [-0.2, -0.15) is 4.98 Å². The van der Waals surface area contributed by atoms with E-state index in [0.29, 0.717) is 33.9 Å². The zero-order valence-electron chi connectivity index (χ0n) is 19.1. The Morgan fingerprint density at radius 3 is 2.69 bits per heavy atom. The molecule has 3 heterocycles. The largest absolute Gasteiger partial charge is 0.508 e. The number of hydrogen-bond acceptors (Lipinski definition) is 9. The summed E-state index contributed by atoms with van der Waals surface area (Å²) in [4.78, 5) is 30.6. The highest BCUT2D eigenvalue weighted by atomic mass is 16.7. The second kappa shape index (κ2) is 9.13. The number of nitrogens with zero attached hydrogens (tertiary/aromatic N) is 2. The second-order valence-electron chi connectivity index (χ2n) is 8.52. The summed E-state index contributed by atoms with van der Waals surface area (Å²) < 4.78 is 21.6. The van der Waals surface area contributed by atoms with Crippen molar-refractivity contribution in [1.29, 1.82) is 0 Å². The molecule has 10 nitrogen and oxygen atoms in total. The van der Waals surface area contributed by atoms with E-state index in [1.165, 1.54) is 12.3 Å². The van der Waals surface area contributed by atoms with Crippen LogP contribution in [0.25, 0.3) is 11.0 Å². The van der Waals surface area contributed by atoms with E-state index in [-0.39, 0.29) is 54.2 Å². The summed E-state index contributed by atoms with van der Waals surface area (Å²) in [5.41, 5.74) is 0.705. The first-order valence-corrected chi connectivity index (χ1v) is 11.1. The number of phenolic OH excluding ortho intramolecular Hbond substituents is 1. The Bertz CT molecular complexity index is 1460. The Balaban J connectivity index is 1.48. The van der Waals surface area contributed by atoms with Gasteiger partial charge in [-0.1, -0.05) is 31.1 Å². The molecule has 0 saturated heterocycles. The molecule has 0 bridgehead atoms. The third-order valence-corrected chi connectivity index (χ3v) is 5.81. The van der Waals surface area contributed by atoms with Crippen LogP contribution in [-0.2, 0) is 11.3 Å². The molecule has 10 heteroatoms. The standard InChI is InChI=1S/C25H23N3O7/c1-13(2)25-27-23(35-28-25)10-26-22(30)8-15(16-7-20-21(9-18(16)29)34-12-33-20)17-11-32-19-6-4-3-5-14(19)24(17)31/h3-7,9,11,13,15,29H,8,10,12H2,1-2H3,(H,26,30). The quantitative estimate of drug-likeness (QED) is 0.409. The number of carbonyl (C=O) groups is 1. The summed E-state index contributed by atoms with van der Waals surface area (Å²) in [5, 5.41) is 17.8. The maximum atomic E-state index is 13.4. The van der Waals surface area contributed by atoms with Gasteiger partial charge >= 0.3 is 0 Å². The van der Waals surface area contributed by atoms with Gasteiger partial charge in [-0.05, 0) is 18.2 Å². The summed E-state index contributed by atoms with van der Waals surface area (Å²) in [7, 11) is 0. The average molecular weight is 477 g/mol. The summed E-state index contributed by atoms with van der Waals surface area (Å²) >= 11 is 0. The van der Waals surface area contributed by atoms with Gasteiger partial charge in [0.05, 0.1) is 18.2 Å². The average Bonchev–Trinajstić information content (AvgIpc) is 3.51. The van der Waals surface area contributed by atoms with Crippen LogP contribution >= 0.6 is 0 Å². The fraction of sp³-hybridized carbons (Fsp3) is 0.280. The van der Waals surface area contributed by atoms with Crippen molar-refractivity contribution in [2.24, 2.45) is 0 Å². The lowest BCUT2D eigenvalue weighted by Gasteiger charge is -2.18. The molecule has 0 spiro atoms. The molecule has 0 fully saturated rings. The first-order chi connectivity index (χ1) is 16.9. The van der Waals surface area contributed by atoms with Crippen LogP contribution in [0.5, 0.6) is 17.2 Å². The van der Waals surface area contributed by atoms with E-state index in [4.69, 9.17) is 18.4 Å². The maximum absolute atomic E-state index is 13.4. The second-order valence-corrected chi connectivity index (χ2v) is 8.52. The van der Waals surface area contributed by atoms with E-state index >= 15 is 0 Å². The fourth-order valence-corrected chi connectivity index (χ4v) is 3.95. The van der Waals surface area contributed by atoms with Gasteiger partial charge < -0.3 is 28.8 Å². The van der Waals surface area contributed by atoms with E-state index in [1.807, 2.05) is 13.8 Å². The normalized spacial score (nSPS) is 13.3. The molecule has 35 heavy (non-hydrogen) atoms. The van der Waals surface area contributed by atoms with Crippen LogP contribution < -0.4 is 20.2 Å². The zero-order valence-corrected chi connectivity index (χ0v) is 19.1. The number of para-hydroxylation sites is 1. The monoisotopic (exact) mass is 477 g/mol. The number of hydrogen-bond donors (Lipinski definition) is 2. The van der Waals surface area contributed by atoms with Crippen molar-refractivity contribution in [2.45, 2.75) is 38.6 Å². The number of ether oxygens (including phenoxy) is 2. The van der Waals surface area contributed by atoms with Crippen LogP contribution in [0.1, 0.15) is 54.9 Å². The Hall–Kier alpha value is -4.34. The topological polar surface area (TPSA) is 137 Å². The first kappa shape index (κ1) is 22.5. The minimum Gasteiger partial charge on any atom is -0.508 e. The Morgan fingerprint density at radius 1 is 1.14 bits per heavy atom. The molecule has 5 rings (SSSR count). The molecule has 0 aliphatic carbocycles. The smallest absolute Gasteiger partial charge is 0.246 e. The van der Waals surface area contributed by atoms with Gasteiger partial charge in [-0.3, -0.25) is 9.59 Å². The lowest BCUT2D eigenvalue weighted by molar-refractivity contribution is -0.121. The molecule has 0 radical (unpaired) electrons. The van der Waals surface area contributed by atoms with Gasteiger partial charge in [0.1, 0.15) is 11.3 Å². The van der Waals surface area contributed by atoms with Crippen molar-refractivity contribution in [3.8, 4) is 17.2 Å². The molecule has 180 valence electrons. The van der Waals surface area contributed by atoms with Crippen LogP contribution in [-0.4, -0.2) is 27.9 Å². The van der Waals surface area contributed by atoms with Gasteiger partial charge in [-0.15, -0.1) is 0 Å². The van der Waals surface area contributed by atoms with Crippen LogP contribution in [0.15, 0.2) is 56.4 Å². The SMILES string of the molecule is CC(C)c1noc(CNC(=O)CC(c2cc3c(cc2O)OCO3)c2coc3ccccc3c2=O)n1. The molecular formula is C25H23N3O7. The van der Waals surface area contributed by atoms with E-state index in [1.54, 1.807) is 30.3 Å². The molecule has 1 aliphatic heterocycles. The predicted molar refractivity (Wildman–Crippen MR) is 123 cm³/mol. The van der Waals surface area contributed by atoms with Crippen molar-refractivity contribution in [3.05, 3.63) is 75.7 Å². The van der Waals surface area contributed by atoms with Crippen LogP contribution in [0, 0.1) is 0 Å².